The Morgan fingerprint density at radius 2 is 1.91 bits per heavy atom. The molecule has 1 saturated carbocycles. The molecule has 7 nitrogen and oxygen atoms in total. The van der Waals surface area contributed by atoms with Crippen molar-refractivity contribution in [3.05, 3.63) is 53.2 Å². The van der Waals surface area contributed by atoms with Crippen molar-refractivity contribution in [2.45, 2.75) is 88.1 Å². The van der Waals surface area contributed by atoms with E-state index < -0.39 is 12.0 Å². The average Bonchev–Trinajstić information content (AvgIpc) is 3.51. The number of piperazine rings is 1. The molecule has 4 saturated heterocycles. The number of aryl methyl sites for hydroxylation is 2. The van der Waals surface area contributed by atoms with Crippen LogP contribution >= 0.6 is 0 Å². The number of pyridine rings is 1. The van der Waals surface area contributed by atoms with Crippen LogP contribution in [0.2, 0.25) is 0 Å². The summed E-state index contributed by atoms with van der Waals surface area (Å²) in [7, 11) is 0. The van der Waals surface area contributed by atoms with Gasteiger partial charge < -0.3 is 15.0 Å². The molecule has 2 aromatic heterocycles. The number of rotatable bonds is 4. The van der Waals surface area contributed by atoms with E-state index in [9.17, 15) is 8.78 Å². The third kappa shape index (κ3) is 3.95. The van der Waals surface area contributed by atoms with Crippen LogP contribution < -0.4 is 15.0 Å². The van der Waals surface area contributed by atoms with Crippen molar-refractivity contribution in [3.63, 3.8) is 0 Å². The Morgan fingerprint density at radius 1 is 1.02 bits per heavy atom. The van der Waals surface area contributed by atoms with Gasteiger partial charge in [-0.1, -0.05) is 24.3 Å². The SMILES string of the molecule is Cc1c(F)ccc2cccc(-c3nc4c5c(nc(OC[C@@]67C[C@@H](F)CN6CC6(CC6)C7)nc5c3F)N3C[C@H]5CC[C@H](N5)[C@H]3CC4)c12. The Bertz CT molecular complexity index is 1950. The van der Waals surface area contributed by atoms with Crippen LogP contribution in [0, 0.1) is 24.0 Å². The number of alkyl halides is 1. The van der Waals surface area contributed by atoms with Crippen molar-refractivity contribution in [1.82, 2.24) is 25.2 Å². The summed E-state index contributed by atoms with van der Waals surface area (Å²) in [5.41, 5.74) is 2.04. The van der Waals surface area contributed by atoms with Crippen molar-refractivity contribution in [2.75, 3.05) is 31.1 Å². The van der Waals surface area contributed by atoms with E-state index in [0.29, 0.717) is 64.6 Å². The van der Waals surface area contributed by atoms with Gasteiger partial charge in [0.05, 0.1) is 16.6 Å². The van der Waals surface area contributed by atoms with Crippen molar-refractivity contribution in [3.8, 4) is 17.3 Å². The number of ether oxygens (including phenoxy) is 1. The van der Waals surface area contributed by atoms with Crippen molar-refractivity contribution in [1.29, 1.82) is 0 Å². The molecule has 7 heterocycles. The maximum absolute atomic E-state index is 17.1. The lowest BCUT2D eigenvalue weighted by molar-refractivity contribution is 0.107. The van der Waals surface area contributed by atoms with Gasteiger partial charge in [-0.15, -0.1) is 0 Å². The first-order valence-electron chi connectivity index (χ1n) is 16.9. The van der Waals surface area contributed by atoms with Gasteiger partial charge in [0.1, 0.15) is 35.6 Å². The number of hydrogen-bond donors (Lipinski definition) is 1. The fourth-order valence-electron chi connectivity index (χ4n) is 9.87. The normalized spacial score (nSPS) is 30.7. The fourth-order valence-corrected chi connectivity index (χ4v) is 9.87. The van der Waals surface area contributed by atoms with Gasteiger partial charge in [-0.3, -0.25) is 4.90 Å². The number of nitrogens with zero attached hydrogens (tertiary/aromatic N) is 5. The van der Waals surface area contributed by atoms with Crippen molar-refractivity contribution in [2.24, 2.45) is 5.41 Å². The lowest BCUT2D eigenvalue weighted by Crippen LogP contribution is -2.58. The van der Waals surface area contributed by atoms with Crippen LogP contribution in [0.15, 0.2) is 30.3 Å². The van der Waals surface area contributed by atoms with Crippen LogP contribution in [0.3, 0.4) is 0 Å². The van der Waals surface area contributed by atoms with Crippen LogP contribution in [0.5, 0.6) is 6.01 Å². The van der Waals surface area contributed by atoms with E-state index in [4.69, 9.17) is 19.7 Å². The third-order valence-electron chi connectivity index (χ3n) is 12.2. The molecule has 5 aliphatic heterocycles. The highest BCUT2D eigenvalue weighted by molar-refractivity contribution is 6.01. The highest BCUT2D eigenvalue weighted by Crippen LogP contribution is 2.61. The van der Waals surface area contributed by atoms with Gasteiger partial charge in [-0.25, -0.2) is 18.2 Å². The zero-order valence-corrected chi connectivity index (χ0v) is 26.0. The third-order valence-corrected chi connectivity index (χ3v) is 12.2. The van der Waals surface area contributed by atoms with E-state index in [2.05, 4.69) is 15.1 Å². The van der Waals surface area contributed by atoms with E-state index in [1.54, 1.807) is 13.0 Å². The van der Waals surface area contributed by atoms with Crippen LogP contribution in [-0.2, 0) is 6.42 Å². The first kappa shape index (κ1) is 27.6. The smallest absolute Gasteiger partial charge is 0.319 e. The van der Waals surface area contributed by atoms with Gasteiger partial charge in [0.25, 0.3) is 0 Å². The molecular formula is C36H37F3N6O. The molecule has 0 unspecified atom stereocenters. The van der Waals surface area contributed by atoms with E-state index in [1.807, 2.05) is 18.2 Å². The van der Waals surface area contributed by atoms with Crippen molar-refractivity contribution >= 4 is 27.5 Å². The molecule has 46 heavy (non-hydrogen) atoms. The fraction of sp³-hybridized carbons (Fsp3) is 0.528. The maximum atomic E-state index is 17.1. The second-order valence-corrected chi connectivity index (χ2v) is 15.0. The highest BCUT2D eigenvalue weighted by atomic mass is 19.1. The van der Waals surface area contributed by atoms with Gasteiger partial charge >= 0.3 is 6.01 Å². The number of anilines is 1. The quantitative estimate of drug-likeness (QED) is 0.297. The molecule has 5 atom stereocenters. The number of halogens is 3. The molecule has 1 spiro atoms. The summed E-state index contributed by atoms with van der Waals surface area (Å²) in [5, 5.41) is 5.90. The summed E-state index contributed by atoms with van der Waals surface area (Å²) in [4.78, 5) is 19.4. The zero-order chi connectivity index (χ0) is 30.9. The summed E-state index contributed by atoms with van der Waals surface area (Å²) >= 11 is 0. The largest absolute Gasteiger partial charge is 0.461 e. The monoisotopic (exact) mass is 626 g/mol. The first-order valence-corrected chi connectivity index (χ1v) is 16.9. The minimum Gasteiger partial charge on any atom is -0.461 e. The molecular weight excluding hydrogens is 589 g/mol. The van der Waals surface area contributed by atoms with Crippen LogP contribution in [0.4, 0.5) is 19.0 Å². The Labute approximate surface area is 265 Å². The van der Waals surface area contributed by atoms with Gasteiger partial charge in [-0.05, 0) is 79.7 Å². The number of nitrogens with one attached hydrogen (secondary N) is 1. The highest BCUT2D eigenvalue weighted by Gasteiger charge is 2.62. The van der Waals surface area contributed by atoms with Gasteiger partial charge in [0, 0.05) is 49.7 Å². The second kappa shape index (κ2) is 9.53. The molecule has 0 amide bonds. The Hall–Kier alpha value is -3.50. The van der Waals surface area contributed by atoms with Gasteiger partial charge in [0.2, 0.25) is 0 Å². The molecule has 2 aromatic carbocycles. The molecule has 10 rings (SSSR count). The minimum atomic E-state index is -0.874. The molecule has 5 fully saturated rings. The van der Waals surface area contributed by atoms with Gasteiger partial charge in [0.15, 0.2) is 5.82 Å². The van der Waals surface area contributed by atoms with Gasteiger partial charge in [-0.2, -0.15) is 9.97 Å². The number of aromatic nitrogens is 3. The first-order chi connectivity index (χ1) is 22.3. The maximum Gasteiger partial charge on any atom is 0.319 e. The summed E-state index contributed by atoms with van der Waals surface area (Å²) < 4.78 is 53.2. The minimum absolute atomic E-state index is 0.129. The summed E-state index contributed by atoms with van der Waals surface area (Å²) in [5.74, 6) is -0.208. The number of hydrogen-bond acceptors (Lipinski definition) is 7. The molecule has 4 aromatic rings. The Kier molecular flexibility index (Phi) is 5.72. The molecule has 0 radical (unpaired) electrons. The van der Waals surface area contributed by atoms with E-state index in [-0.39, 0.29) is 41.2 Å². The topological polar surface area (TPSA) is 66.4 Å². The molecule has 10 heteroatoms. The summed E-state index contributed by atoms with van der Waals surface area (Å²) in [6.45, 7) is 4.15. The van der Waals surface area contributed by atoms with Crippen LogP contribution in [-0.4, -0.2) is 75.9 Å². The van der Waals surface area contributed by atoms with E-state index >= 15 is 4.39 Å². The summed E-state index contributed by atoms with van der Waals surface area (Å²) in [6.07, 6.45) is 6.58. The lowest BCUT2D eigenvalue weighted by Gasteiger charge is -2.41. The Morgan fingerprint density at radius 3 is 2.78 bits per heavy atom. The van der Waals surface area contributed by atoms with Crippen LogP contribution in [0.25, 0.3) is 32.9 Å². The van der Waals surface area contributed by atoms with Crippen molar-refractivity contribution < 1.29 is 17.9 Å². The van der Waals surface area contributed by atoms with Crippen LogP contribution in [0.1, 0.15) is 56.2 Å². The Balaban J connectivity index is 1.14. The zero-order valence-electron chi connectivity index (χ0n) is 26.0. The summed E-state index contributed by atoms with van der Waals surface area (Å²) in [6, 6.07) is 9.77. The molecule has 1 N–H and O–H groups in total. The average molecular weight is 627 g/mol. The molecule has 1 aliphatic carbocycles. The lowest BCUT2D eigenvalue weighted by atomic mass is 9.89. The molecule has 238 valence electrons. The van der Waals surface area contributed by atoms with E-state index in [0.717, 1.165) is 49.9 Å². The predicted molar refractivity (Wildman–Crippen MR) is 170 cm³/mol. The van der Waals surface area contributed by atoms with E-state index in [1.165, 1.54) is 18.9 Å². The number of fused-ring (bicyclic) bond motifs is 7. The molecule has 6 aliphatic rings. The molecule has 2 bridgehead atoms. The predicted octanol–water partition coefficient (Wildman–Crippen LogP) is 6.03. The number of benzene rings is 2. The second-order valence-electron chi connectivity index (χ2n) is 15.0. The standard InChI is InChI=1S/C36H37F3N6O/c1-19-24(38)7-5-20-3-2-4-23(28(19)20)31-30(39)32-29-26(41-31)9-10-27-25-8-6-22(40-25)15-45(27)33(29)43-34(42-32)46-18-36-13-21(37)14-44(36)17-35(16-36)11-12-35/h2-5,7,21-22,25,27,40H,6,8-18H2,1H3/t21-,22-,25+,27-,36+/m1/s1.